The predicted octanol–water partition coefficient (Wildman–Crippen LogP) is 8.11. The number of nitrogens with zero attached hydrogens (tertiary/aromatic N) is 10. The molecule has 6 aromatic carbocycles. The Kier molecular flexibility index (Phi) is 35.1. The molecule has 12 heterocycles. The molecule has 6 aromatic rings. The molecule has 681 valence electrons. The van der Waals surface area contributed by atoms with Crippen molar-refractivity contribution in [1.82, 2.24) is 29.4 Å². The third kappa shape index (κ3) is 17.5. The first-order valence-corrected chi connectivity index (χ1v) is 42.4. The molecule has 0 aliphatic carbocycles. The normalized spacial score (nSPS) is 24.7. The standard InChI is InChI=1S/C32H39N3O5.C31H38N4O5.C31H37N3O6.CH4.Ac.HNO3.Na.H2O.Zn/c1-8-10-37-29-19(5)31-32(40-16-39-31)27-21(29)13-24-28-26-20(11-17(3)18(4)30(26)38-15-36-7)12-23(34(28)6)25(14-33)35(24)22(27)9-2;1-7-8-37-28-18(4)30-31(40-15-39-30)26-20(28)11-22-27-25-19(9-16(2)17(3)29(25)38-14-36-6)10-21(34(27)5)23(12-32)35(22)24(26)13-33;1-7-8-37-28-18(4)30-31(40-15-39-30)26-20(28)11-22-27-25-19(9-16(2)17(3)29(25)38-14-36-6)10-21(33(27)5)23(12-32)34(22)24(26)13-35;;;2-1-4-3;;;/h8,11,22-25,28H,1,9-10,12-13,15-16H2,2-7H3;7,9,21-24,27H,1,8,10-11,13-15,33H2,2-6H3;7,9,21-24,27,35H,1,8,10-11,13-15H2,2-6H3;1H4;;3H;;1H2;/q;;;;;;+1;;/p-1/t22-,23-,24?,25?,28-;2*21-,22?,23?,24-,27-;;;;;;/m000....../s1. The maximum atomic E-state index is 11.0. The number of methoxy groups -OCH3 is 3. The van der Waals surface area contributed by atoms with Crippen LogP contribution in [0.15, 0.2) is 61.5 Å². The van der Waals surface area contributed by atoms with Gasteiger partial charge in [0.2, 0.25) is 20.4 Å². The molecule has 18 rings (SSSR count). The molecule has 1 radical (unpaired) electrons. The molecule has 6 bridgehead atoms. The molecular weight excluding hydrogens is 1930 g/mol. The Hall–Kier alpha value is -7.45. The van der Waals surface area contributed by atoms with Crippen molar-refractivity contribution in [3.8, 4) is 87.2 Å². The molecule has 5 N–H and O–H groups in total. The van der Waals surface area contributed by atoms with Gasteiger partial charge in [0.1, 0.15) is 77.8 Å². The first-order valence-electron chi connectivity index (χ1n) is 42.4. The van der Waals surface area contributed by atoms with Gasteiger partial charge in [0.15, 0.2) is 54.9 Å². The zero-order valence-corrected chi connectivity index (χ0v) is 86.3. The van der Waals surface area contributed by atoms with Gasteiger partial charge in [-0.25, -0.2) is 0 Å². The Balaban J connectivity index is 0.000000193. The summed E-state index contributed by atoms with van der Waals surface area (Å²) in [6, 6.07) is 12.8. The second kappa shape index (κ2) is 43.7. The van der Waals surface area contributed by atoms with Crippen molar-refractivity contribution >= 4 is 0 Å². The third-order valence-corrected chi connectivity index (χ3v) is 28.0. The van der Waals surface area contributed by atoms with E-state index in [1.807, 2.05) is 20.8 Å². The predicted molar refractivity (Wildman–Crippen MR) is 466 cm³/mol. The zero-order valence-electron chi connectivity index (χ0n) is 76.6. The zero-order chi connectivity index (χ0) is 88.3. The van der Waals surface area contributed by atoms with Crippen molar-refractivity contribution in [2.45, 2.75) is 212 Å². The monoisotopic (exact) mass is 2050 g/mol. The van der Waals surface area contributed by atoms with Gasteiger partial charge in [0.05, 0.1) is 55.0 Å². The number of fused-ring (bicyclic) bond motifs is 27. The fourth-order valence-electron chi connectivity index (χ4n) is 22.8. The number of ether oxygens (including phenoxy) is 15. The minimum atomic E-state index is -0.462. The maximum absolute atomic E-state index is 11.0. The van der Waals surface area contributed by atoms with Crippen LogP contribution in [-0.4, -0.2) is 211 Å². The van der Waals surface area contributed by atoms with E-state index in [0.717, 1.165) is 149 Å². The number of piperazine rings is 3. The summed E-state index contributed by atoms with van der Waals surface area (Å²) in [4.78, 5) is 25.0. The van der Waals surface area contributed by atoms with Crippen molar-refractivity contribution in [1.29, 1.82) is 15.8 Å². The quantitative estimate of drug-likeness (QED) is 0.0162. The van der Waals surface area contributed by atoms with Crippen LogP contribution >= 0.6 is 0 Å². The number of nitriles is 3. The van der Waals surface area contributed by atoms with Crippen LogP contribution in [0.3, 0.4) is 0 Å². The number of aryl methyl sites for hydroxylation is 3. The summed E-state index contributed by atoms with van der Waals surface area (Å²) in [5, 5.41) is 52.7. The van der Waals surface area contributed by atoms with E-state index in [0.29, 0.717) is 69.3 Å². The third-order valence-electron chi connectivity index (χ3n) is 28.0. The second-order valence-corrected chi connectivity index (χ2v) is 33.9. The Morgan fingerprint density at radius 2 is 0.752 bits per heavy atom. The summed E-state index contributed by atoms with van der Waals surface area (Å²) < 4.78 is 89.8. The van der Waals surface area contributed by atoms with Crippen molar-refractivity contribution in [2.75, 3.05) is 116 Å². The molecule has 34 heteroatoms. The van der Waals surface area contributed by atoms with E-state index in [-0.39, 0.29) is 232 Å². The fourth-order valence-corrected chi connectivity index (χ4v) is 22.8. The van der Waals surface area contributed by atoms with E-state index in [4.69, 9.17) is 87.0 Å². The molecular formula is C95H120AcN11NaO20Zn. The van der Waals surface area contributed by atoms with Crippen molar-refractivity contribution in [3.05, 3.63) is 178 Å². The average molecular weight is 2050 g/mol. The van der Waals surface area contributed by atoms with E-state index in [9.17, 15) is 20.9 Å². The van der Waals surface area contributed by atoms with E-state index in [1.165, 1.54) is 44.3 Å². The van der Waals surface area contributed by atoms with Crippen molar-refractivity contribution in [3.63, 3.8) is 0 Å². The van der Waals surface area contributed by atoms with Crippen LogP contribution in [0.1, 0.15) is 174 Å². The summed E-state index contributed by atoms with van der Waals surface area (Å²) in [7, 11) is 11.3. The smallest absolute Gasteiger partial charge is 0.635 e. The van der Waals surface area contributed by atoms with Gasteiger partial charge >= 0.3 is 29.6 Å². The number of rotatable bonds is 22. The number of aliphatic hydroxyl groups excluding tert-OH is 1. The molecule has 0 saturated carbocycles. The van der Waals surface area contributed by atoms with Gasteiger partial charge in [-0.2, -0.15) is 15.8 Å². The summed E-state index contributed by atoms with van der Waals surface area (Å²) in [5.74, 6) is 9.29. The molecule has 15 atom stereocenters. The first-order chi connectivity index (χ1) is 60.0. The summed E-state index contributed by atoms with van der Waals surface area (Å²) >= 11 is 0. The number of nitrogens with two attached hydrogens (primary N) is 1. The van der Waals surface area contributed by atoms with Crippen LogP contribution in [0, 0.1) is 145 Å². The van der Waals surface area contributed by atoms with Crippen LogP contribution in [0.5, 0.6) is 69.0 Å². The van der Waals surface area contributed by atoms with Crippen LogP contribution in [0.2, 0.25) is 0 Å². The molecule has 0 amide bonds. The number of likely N-dealkylation sites (N-methyl/N-ethyl adjacent to an activating group) is 3. The van der Waals surface area contributed by atoms with Gasteiger partial charge < -0.3 is 97.6 Å². The molecule has 12 aliphatic rings. The van der Waals surface area contributed by atoms with Crippen LogP contribution < -0.4 is 97.4 Å². The van der Waals surface area contributed by atoms with Crippen LogP contribution in [0.25, 0.3) is 0 Å². The summed E-state index contributed by atoms with van der Waals surface area (Å²) in [5.41, 5.74) is 29.6. The van der Waals surface area contributed by atoms with E-state index >= 15 is 0 Å². The van der Waals surface area contributed by atoms with E-state index < -0.39 is 12.1 Å². The molecule has 0 aromatic heterocycles. The molecule has 12 aliphatic heterocycles. The summed E-state index contributed by atoms with van der Waals surface area (Å²) in [6.45, 7) is 34.7. The molecule has 6 unspecified atom stereocenters. The SMILES string of the molecule is C.C=CCOc1c(C)c2c(c3c1CC1[C@H]4c5c(cc(C)c(C)c5OCOC)C[C@@H](C(C#N)N1[C@H]3CC)N4C)OCO2.C=CCOc1c(C)c2c(c3c1CC1[C@H]4c5c(cc(C)c(C)c5OCOC)C[C@@H](C(C#N)N1[C@H]3CN)N4C)OCO2.C=CCOc1c(C)c2c(c3c1CC1[C@H]4c5c(cc(C)c(C)c5OCOC)C[C@@H](C(C#N)N1[C@H]3CO)N4C)OCO2.O.O=NO[O-].[Ac].[Na+].[Zn]. The number of benzene rings is 6. The first kappa shape index (κ1) is 104. The molecule has 129 heavy (non-hydrogen) atoms. The maximum Gasteiger partial charge on any atom is 1.00 e. The summed E-state index contributed by atoms with van der Waals surface area (Å²) in [6.07, 6.45) is 10.3. The van der Waals surface area contributed by atoms with Gasteiger partial charge in [0, 0.05) is 200 Å². The minimum absolute atomic E-state index is 0. The largest absolute Gasteiger partial charge is 1.00 e. The topological polar surface area (TPSA) is 369 Å². The van der Waals surface area contributed by atoms with Crippen LogP contribution in [-0.2, 0) is 77.2 Å². The molecule has 31 nitrogen and oxygen atoms in total. The molecule has 3 fully saturated rings. The average Bonchev–Trinajstić information content (AvgIpc) is 1.49. The van der Waals surface area contributed by atoms with E-state index in [1.54, 1.807) is 39.6 Å². The van der Waals surface area contributed by atoms with Crippen LogP contribution in [0.4, 0.5) is 0 Å². The number of aliphatic hydroxyl groups is 1. The van der Waals surface area contributed by atoms with Gasteiger partial charge in [-0.1, -0.05) is 70.5 Å². The van der Waals surface area contributed by atoms with Gasteiger partial charge in [-0.05, 0) is 178 Å². The Labute approximate surface area is 827 Å². The van der Waals surface area contributed by atoms with E-state index in [2.05, 4.69) is 160 Å². The fraction of sp³-hybridized carbons (Fsp3) is 0.526. The molecule has 3 saturated heterocycles. The Bertz CT molecular complexity index is 4820. The van der Waals surface area contributed by atoms with Crippen molar-refractivity contribution < 1.29 is 185 Å². The second-order valence-electron chi connectivity index (χ2n) is 33.9. The van der Waals surface area contributed by atoms with Crippen molar-refractivity contribution in [2.24, 2.45) is 11.1 Å². The Morgan fingerprint density at radius 3 is 1.02 bits per heavy atom. The van der Waals surface area contributed by atoms with Gasteiger partial charge in [-0.15, -0.1) is 4.91 Å². The van der Waals surface area contributed by atoms with Gasteiger partial charge in [0.25, 0.3) is 0 Å². The molecule has 0 spiro atoms. The minimum Gasteiger partial charge on any atom is -0.635 e. The Morgan fingerprint density at radius 1 is 0.473 bits per heavy atom. The number of hydrogen-bond acceptors (Lipinski definition) is 30. The number of hydrogen-bond donors (Lipinski definition) is 2. The van der Waals surface area contributed by atoms with Gasteiger partial charge in [-0.3, -0.25) is 29.4 Å².